The lowest BCUT2D eigenvalue weighted by molar-refractivity contribution is 0.0195. The first-order valence-corrected chi connectivity index (χ1v) is 23.2. The average molecular weight is 730 g/mol. The molecule has 8 bridgehead atoms. The molecule has 280 valence electrons. The summed E-state index contributed by atoms with van der Waals surface area (Å²) in [5.41, 5.74) is 4.91. The number of hydrogen-bond donors (Lipinski definition) is 1. The summed E-state index contributed by atoms with van der Waals surface area (Å²) < 4.78 is 24.2. The molecular formula is C46H68NO2PS. The molecule has 0 spiro atoms. The molecule has 2 aromatic rings. The molecule has 0 saturated heterocycles. The lowest BCUT2D eigenvalue weighted by atomic mass is 9.55. The zero-order valence-corrected chi connectivity index (χ0v) is 35.4. The van der Waals surface area contributed by atoms with Crippen LogP contribution in [0.25, 0.3) is 0 Å². The van der Waals surface area contributed by atoms with Gasteiger partial charge in [0.15, 0.2) is 0 Å². The van der Waals surface area contributed by atoms with Crippen LogP contribution in [-0.4, -0.2) is 26.4 Å². The van der Waals surface area contributed by atoms with Gasteiger partial charge in [0, 0.05) is 11.1 Å². The van der Waals surface area contributed by atoms with Gasteiger partial charge in [-0.05, 0) is 183 Å². The van der Waals surface area contributed by atoms with Gasteiger partial charge in [-0.1, -0.05) is 73.7 Å². The van der Waals surface area contributed by atoms with Gasteiger partial charge in [0.25, 0.3) is 0 Å². The normalized spacial score (nSPS) is 36.0. The molecule has 2 aromatic carbocycles. The van der Waals surface area contributed by atoms with Crippen LogP contribution in [-0.2, 0) is 21.8 Å². The quantitative estimate of drug-likeness (QED) is 0.275. The smallest absolute Gasteiger partial charge is 0.126 e. The van der Waals surface area contributed by atoms with Crippen molar-refractivity contribution in [2.24, 2.45) is 35.5 Å². The highest BCUT2D eigenvalue weighted by Gasteiger charge is 2.63. The molecule has 0 radical (unpaired) electrons. The van der Waals surface area contributed by atoms with Gasteiger partial charge in [-0.15, -0.1) is 0 Å². The first-order valence-electron chi connectivity index (χ1n) is 20.7. The predicted octanol–water partition coefficient (Wildman–Crippen LogP) is 11.5. The third-order valence-electron chi connectivity index (χ3n) is 14.5. The van der Waals surface area contributed by atoms with Crippen molar-refractivity contribution in [3.63, 3.8) is 0 Å². The van der Waals surface area contributed by atoms with E-state index in [0.717, 1.165) is 41.3 Å². The SMILES string of the molecule is COc1c(C(C)(C)C)cc([C@@H](NS(=O)C(C)(C)C)c2ccccc2P(C23CC4CC(CC(C4)C2)C3)C23CC4CC(CC(C4)C2)C3)cc1C(C)(C)C. The number of ether oxygens (including phenoxy) is 1. The van der Waals surface area contributed by atoms with E-state index in [2.05, 4.69) is 103 Å². The van der Waals surface area contributed by atoms with Gasteiger partial charge in [-0.25, -0.2) is 8.93 Å². The van der Waals surface area contributed by atoms with Crippen LogP contribution in [0.5, 0.6) is 5.75 Å². The molecule has 0 aliphatic heterocycles. The van der Waals surface area contributed by atoms with E-state index in [1.165, 1.54) is 99.3 Å². The highest BCUT2D eigenvalue weighted by molar-refractivity contribution is 7.84. The average Bonchev–Trinajstić information content (AvgIpc) is 3.00. The Kier molecular flexibility index (Phi) is 9.12. The first kappa shape index (κ1) is 36.7. The van der Waals surface area contributed by atoms with Crippen molar-refractivity contribution in [2.75, 3.05) is 7.11 Å². The van der Waals surface area contributed by atoms with Crippen molar-refractivity contribution >= 4 is 24.2 Å². The second kappa shape index (κ2) is 12.7. The minimum atomic E-state index is -1.25. The maximum atomic E-state index is 14.4. The summed E-state index contributed by atoms with van der Waals surface area (Å²) in [6.07, 6.45) is 17.8. The van der Waals surface area contributed by atoms with E-state index < -0.39 is 18.9 Å². The third-order valence-corrected chi connectivity index (χ3v) is 19.9. The Hall–Kier alpha value is -1.22. The molecule has 1 unspecified atom stereocenters. The first-order chi connectivity index (χ1) is 23.9. The van der Waals surface area contributed by atoms with Crippen LogP contribution in [0.15, 0.2) is 36.4 Å². The number of benzene rings is 2. The molecule has 10 rings (SSSR count). The van der Waals surface area contributed by atoms with Gasteiger partial charge in [-0.3, -0.25) is 0 Å². The maximum Gasteiger partial charge on any atom is 0.126 e. The summed E-state index contributed by atoms with van der Waals surface area (Å²) in [6.45, 7) is 20.2. The predicted molar refractivity (Wildman–Crippen MR) is 218 cm³/mol. The van der Waals surface area contributed by atoms with Gasteiger partial charge >= 0.3 is 0 Å². The largest absolute Gasteiger partial charge is 0.496 e. The summed E-state index contributed by atoms with van der Waals surface area (Å²) in [7, 11) is 0.156. The molecule has 8 aliphatic rings. The van der Waals surface area contributed by atoms with Crippen LogP contribution in [0, 0.1) is 35.5 Å². The van der Waals surface area contributed by atoms with Gasteiger partial charge in [0.1, 0.15) is 5.75 Å². The zero-order chi connectivity index (χ0) is 36.3. The Morgan fingerprint density at radius 2 is 1.08 bits per heavy atom. The fourth-order valence-electron chi connectivity index (χ4n) is 13.4. The Balaban J connectivity index is 1.35. The summed E-state index contributed by atoms with van der Waals surface area (Å²) in [6, 6.07) is 14.4. The van der Waals surface area contributed by atoms with Gasteiger partial charge in [0.2, 0.25) is 0 Å². The molecule has 51 heavy (non-hydrogen) atoms. The molecule has 0 aromatic heterocycles. The van der Waals surface area contributed by atoms with E-state index in [-0.39, 0.29) is 21.6 Å². The number of nitrogens with one attached hydrogen (secondary N) is 1. The summed E-state index contributed by atoms with van der Waals surface area (Å²) >= 11 is 0. The Bertz CT molecular complexity index is 1520. The Morgan fingerprint density at radius 3 is 1.43 bits per heavy atom. The van der Waals surface area contributed by atoms with Gasteiger partial charge < -0.3 is 4.74 Å². The molecule has 0 heterocycles. The van der Waals surface area contributed by atoms with E-state index in [0.29, 0.717) is 10.3 Å². The van der Waals surface area contributed by atoms with Crippen LogP contribution >= 0.6 is 7.92 Å². The lowest BCUT2D eigenvalue weighted by Gasteiger charge is -2.67. The van der Waals surface area contributed by atoms with Gasteiger partial charge in [0.05, 0.1) is 28.9 Å². The van der Waals surface area contributed by atoms with Crippen LogP contribution < -0.4 is 14.8 Å². The summed E-state index contributed by atoms with van der Waals surface area (Å²) in [4.78, 5) is 0. The summed E-state index contributed by atoms with van der Waals surface area (Å²) in [5.74, 6) is 6.65. The molecule has 2 atom stereocenters. The monoisotopic (exact) mass is 729 g/mol. The Morgan fingerprint density at radius 1 is 0.686 bits per heavy atom. The number of rotatable bonds is 8. The van der Waals surface area contributed by atoms with Crippen LogP contribution in [0.3, 0.4) is 0 Å². The van der Waals surface area contributed by atoms with Crippen molar-refractivity contribution in [3.05, 3.63) is 58.7 Å². The third kappa shape index (κ3) is 6.54. The zero-order valence-electron chi connectivity index (χ0n) is 33.7. The topological polar surface area (TPSA) is 38.3 Å². The highest BCUT2D eigenvalue weighted by Crippen LogP contribution is 2.78. The van der Waals surface area contributed by atoms with E-state index in [1.54, 1.807) is 5.30 Å². The molecule has 1 N–H and O–H groups in total. The second-order valence-corrected chi connectivity index (χ2v) is 26.8. The number of hydrogen-bond acceptors (Lipinski definition) is 2. The molecule has 8 saturated carbocycles. The fraction of sp³-hybridized carbons (Fsp3) is 0.739. The van der Waals surface area contributed by atoms with E-state index in [4.69, 9.17) is 4.74 Å². The standard InChI is InChI=1S/C46H68NO2PS/c1-42(2,3)37-21-35(22-38(41(37)49-10)43(4,5)6)40(47-51(48)44(7,8)9)36-13-11-12-14-39(36)50(45-23-29-15-30(24-45)17-31(16-29)25-45)46-26-32-18-33(27-46)20-34(19-32)28-46/h11-14,21-22,29-34,40,47H,15-20,23-28H2,1-10H3/t29?,30?,31?,32?,33?,34?,40-,45?,46?,50?,51?/m1/s1. The molecule has 8 fully saturated rings. The van der Waals surface area contributed by atoms with Gasteiger partial charge in [-0.2, -0.15) is 0 Å². The second-order valence-electron chi connectivity index (χ2n) is 21.8. The molecule has 5 heteroatoms. The maximum absolute atomic E-state index is 14.4. The molecule has 8 aliphatic carbocycles. The van der Waals surface area contributed by atoms with Crippen LogP contribution in [0.2, 0.25) is 0 Å². The molecule has 0 amide bonds. The number of methoxy groups -OCH3 is 1. The van der Waals surface area contributed by atoms with Crippen molar-refractivity contribution in [3.8, 4) is 5.75 Å². The van der Waals surface area contributed by atoms with Crippen molar-refractivity contribution in [2.45, 2.75) is 171 Å². The van der Waals surface area contributed by atoms with E-state index in [1.807, 2.05) is 7.11 Å². The van der Waals surface area contributed by atoms with E-state index in [9.17, 15) is 4.21 Å². The highest BCUT2D eigenvalue weighted by atomic mass is 32.2. The molecular weight excluding hydrogens is 662 g/mol. The van der Waals surface area contributed by atoms with Crippen LogP contribution in [0.1, 0.15) is 168 Å². The Labute approximate surface area is 315 Å². The summed E-state index contributed by atoms with van der Waals surface area (Å²) in [5, 5.41) is 2.60. The minimum Gasteiger partial charge on any atom is -0.496 e. The van der Waals surface area contributed by atoms with Crippen LogP contribution in [0.4, 0.5) is 0 Å². The van der Waals surface area contributed by atoms with E-state index >= 15 is 0 Å². The fourth-order valence-corrected chi connectivity index (χ4v) is 19.6. The lowest BCUT2D eigenvalue weighted by Crippen LogP contribution is -2.58. The minimum absolute atomic E-state index is 0.111. The van der Waals surface area contributed by atoms with Crippen molar-refractivity contribution in [1.29, 1.82) is 0 Å². The van der Waals surface area contributed by atoms with Crippen molar-refractivity contribution in [1.82, 2.24) is 4.72 Å². The molecule has 3 nitrogen and oxygen atoms in total. The van der Waals surface area contributed by atoms with Crippen molar-refractivity contribution < 1.29 is 8.95 Å².